The van der Waals surface area contributed by atoms with E-state index in [0.717, 1.165) is 35.1 Å². The molecule has 0 saturated heterocycles. The number of amides is 1. The second-order valence-corrected chi connectivity index (χ2v) is 6.46. The van der Waals surface area contributed by atoms with Gasteiger partial charge in [-0.2, -0.15) is 5.10 Å². The van der Waals surface area contributed by atoms with Crippen molar-refractivity contribution in [3.8, 4) is 5.69 Å². The van der Waals surface area contributed by atoms with Gasteiger partial charge in [-0.1, -0.05) is 18.2 Å². The van der Waals surface area contributed by atoms with Crippen LogP contribution in [-0.2, 0) is 0 Å². The summed E-state index contributed by atoms with van der Waals surface area (Å²) in [6, 6.07) is 12.1. The summed E-state index contributed by atoms with van der Waals surface area (Å²) >= 11 is 0. The summed E-state index contributed by atoms with van der Waals surface area (Å²) in [5, 5.41) is 27.3. The van der Waals surface area contributed by atoms with Crippen molar-refractivity contribution in [2.45, 2.75) is 19.9 Å². The lowest BCUT2D eigenvalue weighted by molar-refractivity contribution is -0.384. The number of carbonyl (C=O) groups is 2. The third-order valence-electron chi connectivity index (χ3n) is 4.50. The molecule has 2 N–H and O–H groups in total. The van der Waals surface area contributed by atoms with Gasteiger partial charge in [0.1, 0.15) is 0 Å². The van der Waals surface area contributed by atoms with Crippen LogP contribution in [0, 0.1) is 17.0 Å². The summed E-state index contributed by atoms with van der Waals surface area (Å²) in [5.74, 6) is -1.97. The zero-order valence-electron chi connectivity index (χ0n) is 15.7. The molecule has 148 valence electrons. The number of nitrogens with zero attached hydrogens (tertiary/aromatic N) is 3. The van der Waals surface area contributed by atoms with Crippen LogP contribution in [0.25, 0.3) is 5.69 Å². The fourth-order valence-electron chi connectivity index (χ4n) is 3.01. The quantitative estimate of drug-likeness (QED) is 0.488. The van der Waals surface area contributed by atoms with E-state index in [1.807, 2.05) is 37.3 Å². The summed E-state index contributed by atoms with van der Waals surface area (Å²) in [6.45, 7) is 3.63. The lowest BCUT2D eigenvalue weighted by atomic mass is 10.1. The zero-order valence-corrected chi connectivity index (χ0v) is 15.7. The number of benzene rings is 2. The van der Waals surface area contributed by atoms with Crippen molar-refractivity contribution >= 4 is 17.6 Å². The van der Waals surface area contributed by atoms with Crippen LogP contribution in [-0.4, -0.2) is 31.7 Å². The van der Waals surface area contributed by atoms with Crippen molar-refractivity contribution in [2.24, 2.45) is 0 Å². The van der Waals surface area contributed by atoms with Gasteiger partial charge < -0.3 is 10.4 Å². The van der Waals surface area contributed by atoms with Crippen LogP contribution in [0.2, 0.25) is 0 Å². The maximum atomic E-state index is 12.6. The number of carboxylic acid groups (broad SMARTS) is 1. The van der Waals surface area contributed by atoms with Gasteiger partial charge >= 0.3 is 5.97 Å². The molecule has 2 aromatic carbocycles. The van der Waals surface area contributed by atoms with Gasteiger partial charge in [0.15, 0.2) is 0 Å². The largest absolute Gasteiger partial charge is 0.478 e. The fourth-order valence-corrected chi connectivity index (χ4v) is 3.01. The molecule has 1 amide bonds. The Balaban J connectivity index is 1.86. The molecule has 0 unspecified atom stereocenters. The maximum absolute atomic E-state index is 12.6. The number of rotatable bonds is 6. The van der Waals surface area contributed by atoms with E-state index in [1.165, 1.54) is 0 Å². The predicted molar refractivity (Wildman–Crippen MR) is 104 cm³/mol. The van der Waals surface area contributed by atoms with Crippen LogP contribution in [0.1, 0.15) is 44.9 Å². The first-order valence-electron chi connectivity index (χ1n) is 8.71. The lowest BCUT2D eigenvalue weighted by Crippen LogP contribution is -2.27. The smallest absolute Gasteiger partial charge is 0.335 e. The zero-order chi connectivity index (χ0) is 21.1. The lowest BCUT2D eigenvalue weighted by Gasteiger charge is -2.14. The van der Waals surface area contributed by atoms with E-state index in [4.69, 9.17) is 5.11 Å². The van der Waals surface area contributed by atoms with Gasteiger partial charge in [-0.15, -0.1) is 0 Å². The molecule has 9 nitrogen and oxygen atoms in total. The molecule has 1 aromatic heterocycles. The van der Waals surface area contributed by atoms with Gasteiger partial charge in [0.25, 0.3) is 11.6 Å². The van der Waals surface area contributed by atoms with Crippen LogP contribution in [0.15, 0.2) is 54.7 Å². The Morgan fingerprint density at radius 3 is 2.45 bits per heavy atom. The van der Waals surface area contributed by atoms with Gasteiger partial charge in [0.05, 0.1) is 28.4 Å². The Morgan fingerprint density at radius 1 is 1.17 bits per heavy atom. The summed E-state index contributed by atoms with van der Waals surface area (Å²) in [7, 11) is 0. The molecule has 0 spiro atoms. The Labute approximate surface area is 165 Å². The molecule has 0 bridgehead atoms. The molecule has 9 heteroatoms. The highest BCUT2D eigenvalue weighted by molar-refractivity contribution is 5.98. The van der Waals surface area contributed by atoms with E-state index in [0.29, 0.717) is 0 Å². The summed E-state index contributed by atoms with van der Waals surface area (Å²) in [5.41, 5.74) is 1.58. The van der Waals surface area contributed by atoms with Gasteiger partial charge in [-0.05, 0) is 32.0 Å². The topological polar surface area (TPSA) is 127 Å². The van der Waals surface area contributed by atoms with Gasteiger partial charge in [-0.25, -0.2) is 9.48 Å². The molecule has 29 heavy (non-hydrogen) atoms. The van der Waals surface area contributed by atoms with Crippen molar-refractivity contribution < 1.29 is 19.6 Å². The van der Waals surface area contributed by atoms with Gasteiger partial charge in [0.2, 0.25) is 0 Å². The van der Waals surface area contributed by atoms with Crippen LogP contribution in [0.4, 0.5) is 5.69 Å². The molecule has 0 fully saturated rings. The Bertz CT molecular complexity index is 1060. The molecular weight excluding hydrogens is 376 g/mol. The summed E-state index contributed by atoms with van der Waals surface area (Å²) in [4.78, 5) is 34.1. The average molecular weight is 394 g/mol. The Hall–Kier alpha value is -4.01. The third kappa shape index (κ3) is 4.13. The molecule has 0 aliphatic rings. The monoisotopic (exact) mass is 394 g/mol. The summed E-state index contributed by atoms with van der Waals surface area (Å²) in [6.07, 6.45) is 1.64. The highest BCUT2D eigenvalue weighted by Crippen LogP contribution is 2.22. The van der Waals surface area contributed by atoms with Crippen LogP contribution >= 0.6 is 0 Å². The number of nitrogens with one attached hydrogen (secondary N) is 1. The molecule has 1 heterocycles. The minimum absolute atomic E-state index is 0.100. The fraction of sp³-hybridized carbons (Fsp3) is 0.150. The third-order valence-corrected chi connectivity index (χ3v) is 4.50. The number of nitro benzene ring substituents is 1. The maximum Gasteiger partial charge on any atom is 0.335 e. The Kier molecular flexibility index (Phi) is 5.40. The van der Waals surface area contributed by atoms with E-state index in [9.17, 15) is 19.7 Å². The molecular formula is C20H18N4O5. The number of para-hydroxylation sites is 1. The SMILES string of the molecule is Cc1c([C@H](C)NC(=O)c2cc(C(=O)O)cc([N+](=O)[O-])c2)cnn1-c1ccccc1. The van der Waals surface area contributed by atoms with E-state index in [-0.39, 0.29) is 11.1 Å². The van der Waals surface area contributed by atoms with Gasteiger partial charge in [0, 0.05) is 29.0 Å². The van der Waals surface area contributed by atoms with E-state index < -0.39 is 28.5 Å². The van der Waals surface area contributed by atoms with Crippen molar-refractivity contribution in [2.75, 3.05) is 0 Å². The number of carbonyl (C=O) groups excluding carboxylic acids is 1. The minimum atomic E-state index is -1.35. The predicted octanol–water partition coefficient (Wildman–Crippen LogP) is 3.28. The number of hydrogen-bond donors (Lipinski definition) is 2. The minimum Gasteiger partial charge on any atom is -0.478 e. The number of nitro groups is 1. The molecule has 0 saturated carbocycles. The van der Waals surface area contributed by atoms with Gasteiger partial charge in [-0.3, -0.25) is 14.9 Å². The Morgan fingerprint density at radius 2 is 1.83 bits per heavy atom. The van der Waals surface area contributed by atoms with Crippen molar-refractivity contribution in [1.29, 1.82) is 0 Å². The van der Waals surface area contributed by atoms with Crippen LogP contribution < -0.4 is 5.32 Å². The first kappa shape index (κ1) is 19.7. The molecule has 3 rings (SSSR count). The van der Waals surface area contributed by atoms with Crippen molar-refractivity contribution in [3.05, 3.63) is 87.2 Å². The van der Waals surface area contributed by atoms with E-state index in [1.54, 1.807) is 17.8 Å². The average Bonchev–Trinajstić information content (AvgIpc) is 3.09. The van der Waals surface area contributed by atoms with Crippen LogP contribution in [0.5, 0.6) is 0 Å². The molecule has 0 radical (unpaired) electrons. The molecule has 3 aromatic rings. The highest BCUT2D eigenvalue weighted by Gasteiger charge is 2.21. The van der Waals surface area contributed by atoms with Crippen molar-refractivity contribution in [1.82, 2.24) is 15.1 Å². The van der Waals surface area contributed by atoms with Crippen LogP contribution in [0.3, 0.4) is 0 Å². The molecule has 0 aliphatic carbocycles. The van der Waals surface area contributed by atoms with E-state index in [2.05, 4.69) is 10.4 Å². The summed E-state index contributed by atoms with van der Waals surface area (Å²) < 4.78 is 1.74. The second-order valence-electron chi connectivity index (χ2n) is 6.46. The van der Waals surface area contributed by atoms with Crippen molar-refractivity contribution in [3.63, 3.8) is 0 Å². The first-order valence-corrected chi connectivity index (χ1v) is 8.71. The number of carboxylic acids is 1. The standard InChI is InChI=1S/C20H18N4O5/c1-12(18-11-21-23(13(18)2)16-6-4-3-5-7-16)22-19(25)14-8-15(20(26)27)10-17(9-14)24(28)29/h3-12H,1-2H3,(H,22,25)(H,26,27)/t12-/m0/s1. The van der Waals surface area contributed by atoms with E-state index >= 15 is 0 Å². The first-order chi connectivity index (χ1) is 13.8. The second kappa shape index (κ2) is 7.93. The molecule has 0 aliphatic heterocycles. The normalized spacial score (nSPS) is 11.7. The highest BCUT2D eigenvalue weighted by atomic mass is 16.6. The number of non-ortho nitro benzene ring substituents is 1. The molecule has 1 atom stereocenters. The number of hydrogen-bond acceptors (Lipinski definition) is 5. The number of aromatic carboxylic acids is 1. The number of aromatic nitrogens is 2.